The second-order valence-electron chi connectivity index (χ2n) is 4.35. The summed E-state index contributed by atoms with van der Waals surface area (Å²) in [6.45, 7) is 3.62. The van der Waals surface area contributed by atoms with Gasteiger partial charge in [-0.3, -0.25) is 4.98 Å². The monoisotopic (exact) mass is 269 g/mol. The van der Waals surface area contributed by atoms with E-state index < -0.39 is 0 Å². The number of aryl methyl sites for hydroxylation is 2. The summed E-state index contributed by atoms with van der Waals surface area (Å²) in [6.07, 6.45) is 0. The van der Waals surface area contributed by atoms with Gasteiger partial charge in [0.2, 0.25) is 0 Å². The molecule has 0 aliphatic carbocycles. The van der Waals surface area contributed by atoms with Crippen molar-refractivity contribution in [3.8, 4) is 23.3 Å². The molecule has 2 N–H and O–H groups in total. The first-order valence-corrected chi connectivity index (χ1v) is 6.05. The number of anilines is 1. The molecule has 0 aliphatic heterocycles. The summed E-state index contributed by atoms with van der Waals surface area (Å²) in [4.78, 5) is 4.25. The number of nitriles is 1. The first-order chi connectivity index (χ1) is 9.55. The van der Waals surface area contributed by atoms with Gasteiger partial charge in [-0.2, -0.15) is 5.26 Å². The Bertz CT molecular complexity index is 690. The summed E-state index contributed by atoms with van der Waals surface area (Å²) >= 11 is 0. The van der Waals surface area contributed by atoms with Crippen molar-refractivity contribution in [1.82, 2.24) is 4.98 Å². The lowest BCUT2D eigenvalue weighted by Crippen LogP contribution is -1.98. The number of ether oxygens (including phenoxy) is 2. The number of aromatic nitrogens is 1. The number of hydrogen-bond donors (Lipinski definition) is 1. The molecule has 0 fully saturated rings. The molecule has 0 amide bonds. The number of benzene rings is 1. The third-order valence-corrected chi connectivity index (χ3v) is 2.81. The molecular weight excluding hydrogens is 254 g/mol. The van der Waals surface area contributed by atoms with Crippen molar-refractivity contribution in [3.63, 3.8) is 0 Å². The molecule has 0 spiro atoms. The molecule has 0 atom stereocenters. The average Bonchev–Trinajstić information content (AvgIpc) is 2.38. The van der Waals surface area contributed by atoms with E-state index in [0.29, 0.717) is 34.2 Å². The zero-order valence-electron chi connectivity index (χ0n) is 11.6. The Kier molecular flexibility index (Phi) is 3.76. The highest BCUT2D eigenvalue weighted by atomic mass is 16.5. The molecule has 2 rings (SSSR count). The number of nitrogens with zero attached hydrogens (tertiary/aromatic N) is 2. The lowest BCUT2D eigenvalue weighted by Gasteiger charge is -2.13. The topological polar surface area (TPSA) is 81.2 Å². The van der Waals surface area contributed by atoms with Crippen LogP contribution in [0.4, 0.5) is 5.69 Å². The van der Waals surface area contributed by atoms with E-state index in [1.54, 1.807) is 38.3 Å². The number of hydrogen-bond acceptors (Lipinski definition) is 5. The van der Waals surface area contributed by atoms with Crippen LogP contribution in [-0.2, 0) is 0 Å². The minimum Gasteiger partial charge on any atom is -0.493 e. The lowest BCUT2D eigenvalue weighted by atomic mass is 10.2. The molecule has 1 aromatic carbocycles. The largest absolute Gasteiger partial charge is 0.493 e. The molecule has 0 bridgehead atoms. The van der Waals surface area contributed by atoms with Crippen LogP contribution < -0.4 is 15.2 Å². The maximum absolute atomic E-state index is 9.22. The average molecular weight is 269 g/mol. The van der Waals surface area contributed by atoms with E-state index in [-0.39, 0.29) is 0 Å². The van der Waals surface area contributed by atoms with Gasteiger partial charge in [0.25, 0.3) is 0 Å². The summed E-state index contributed by atoms with van der Waals surface area (Å²) in [6, 6.07) is 8.92. The van der Waals surface area contributed by atoms with Crippen LogP contribution >= 0.6 is 0 Å². The van der Waals surface area contributed by atoms with E-state index in [1.165, 1.54) is 0 Å². The number of rotatable bonds is 3. The molecular formula is C15H15N3O2. The highest BCUT2D eigenvalue weighted by molar-refractivity contribution is 5.55. The second-order valence-corrected chi connectivity index (χ2v) is 4.35. The Balaban J connectivity index is 2.50. The maximum atomic E-state index is 9.22. The third kappa shape index (κ3) is 2.64. The van der Waals surface area contributed by atoms with Gasteiger partial charge in [-0.15, -0.1) is 0 Å². The van der Waals surface area contributed by atoms with Gasteiger partial charge in [-0.25, -0.2) is 0 Å². The van der Waals surface area contributed by atoms with Crippen molar-refractivity contribution >= 4 is 5.69 Å². The Morgan fingerprint density at radius 2 is 1.90 bits per heavy atom. The molecule has 0 radical (unpaired) electrons. The Morgan fingerprint density at radius 3 is 2.55 bits per heavy atom. The van der Waals surface area contributed by atoms with Crippen LogP contribution in [0.15, 0.2) is 24.3 Å². The molecule has 1 heterocycles. The Hall–Kier alpha value is -2.74. The fourth-order valence-corrected chi connectivity index (χ4v) is 1.90. The summed E-state index contributed by atoms with van der Waals surface area (Å²) in [5.74, 6) is 1.46. The third-order valence-electron chi connectivity index (χ3n) is 2.81. The van der Waals surface area contributed by atoms with Gasteiger partial charge in [-0.05, 0) is 26.0 Å². The maximum Gasteiger partial charge on any atom is 0.171 e. The molecule has 5 nitrogen and oxygen atoms in total. The molecule has 0 saturated carbocycles. The molecule has 102 valence electrons. The molecule has 20 heavy (non-hydrogen) atoms. The first kappa shape index (κ1) is 13.7. The fraction of sp³-hybridized carbons (Fsp3) is 0.200. The summed E-state index contributed by atoms with van der Waals surface area (Å²) in [7, 11) is 1.55. The van der Waals surface area contributed by atoms with Crippen LogP contribution in [0, 0.1) is 25.2 Å². The molecule has 0 aliphatic rings. The first-order valence-electron chi connectivity index (χ1n) is 6.05. The predicted molar refractivity (Wildman–Crippen MR) is 75.9 cm³/mol. The van der Waals surface area contributed by atoms with Crippen LogP contribution in [0.5, 0.6) is 17.2 Å². The van der Waals surface area contributed by atoms with Gasteiger partial charge in [0.15, 0.2) is 11.5 Å². The highest BCUT2D eigenvalue weighted by Gasteiger charge is 2.13. The van der Waals surface area contributed by atoms with E-state index in [0.717, 1.165) is 5.69 Å². The SMILES string of the molecule is COc1ccc(N)cc1Oc1cc(C)nc(C)c1C#N. The van der Waals surface area contributed by atoms with Gasteiger partial charge >= 0.3 is 0 Å². The van der Waals surface area contributed by atoms with E-state index in [2.05, 4.69) is 11.1 Å². The van der Waals surface area contributed by atoms with Crippen molar-refractivity contribution in [3.05, 3.63) is 41.2 Å². The molecule has 0 saturated heterocycles. The minimum atomic E-state index is 0.403. The van der Waals surface area contributed by atoms with Gasteiger partial charge < -0.3 is 15.2 Å². The molecule has 0 unspecified atom stereocenters. The standard InChI is InChI=1S/C15H15N3O2/c1-9-6-14(12(8-16)10(2)18-9)20-15-7-11(17)4-5-13(15)19-3/h4-7H,17H2,1-3H3. The summed E-state index contributed by atoms with van der Waals surface area (Å²) in [5, 5.41) is 9.22. The van der Waals surface area contributed by atoms with Crippen LogP contribution in [0.1, 0.15) is 17.0 Å². The van der Waals surface area contributed by atoms with Crippen molar-refractivity contribution in [2.24, 2.45) is 0 Å². The van der Waals surface area contributed by atoms with Crippen molar-refractivity contribution in [2.45, 2.75) is 13.8 Å². The zero-order valence-corrected chi connectivity index (χ0v) is 11.6. The normalized spacial score (nSPS) is 9.90. The van der Waals surface area contributed by atoms with Crippen LogP contribution in [0.3, 0.4) is 0 Å². The van der Waals surface area contributed by atoms with Gasteiger partial charge in [0, 0.05) is 23.5 Å². The van der Waals surface area contributed by atoms with E-state index in [9.17, 15) is 5.26 Å². The second kappa shape index (κ2) is 5.49. The smallest absolute Gasteiger partial charge is 0.171 e. The number of methoxy groups -OCH3 is 1. The van der Waals surface area contributed by atoms with E-state index in [4.69, 9.17) is 15.2 Å². The van der Waals surface area contributed by atoms with Gasteiger partial charge in [0.05, 0.1) is 12.8 Å². The zero-order chi connectivity index (χ0) is 14.7. The summed E-state index contributed by atoms with van der Waals surface area (Å²) < 4.78 is 11.0. The highest BCUT2D eigenvalue weighted by Crippen LogP contribution is 2.35. The Morgan fingerprint density at radius 1 is 1.15 bits per heavy atom. The van der Waals surface area contributed by atoms with Gasteiger partial charge in [0.1, 0.15) is 17.4 Å². The predicted octanol–water partition coefficient (Wildman–Crippen LogP) is 2.95. The number of nitrogens with two attached hydrogens (primary N) is 1. The number of nitrogen functional groups attached to an aromatic ring is 1. The number of pyridine rings is 1. The molecule has 1 aromatic heterocycles. The quantitative estimate of drug-likeness (QED) is 0.866. The Labute approximate surface area is 117 Å². The van der Waals surface area contributed by atoms with E-state index >= 15 is 0 Å². The van der Waals surface area contributed by atoms with Crippen LogP contribution in [0.2, 0.25) is 0 Å². The van der Waals surface area contributed by atoms with E-state index in [1.807, 2.05) is 6.92 Å². The molecule has 2 aromatic rings. The minimum absolute atomic E-state index is 0.403. The van der Waals surface area contributed by atoms with Crippen LogP contribution in [0.25, 0.3) is 0 Å². The van der Waals surface area contributed by atoms with Crippen molar-refractivity contribution < 1.29 is 9.47 Å². The van der Waals surface area contributed by atoms with Crippen molar-refractivity contribution in [2.75, 3.05) is 12.8 Å². The van der Waals surface area contributed by atoms with Crippen LogP contribution in [-0.4, -0.2) is 12.1 Å². The summed E-state index contributed by atoms with van der Waals surface area (Å²) in [5.41, 5.74) is 8.12. The van der Waals surface area contributed by atoms with Crippen molar-refractivity contribution in [1.29, 1.82) is 5.26 Å². The molecule has 5 heteroatoms. The lowest BCUT2D eigenvalue weighted by molar-refractivity contribution is 0.378. The fourth-order valence-electron chi connectivity index (χ4n) is 1.90. The van der Waals surface area contributed by atoms with Gasteiger partial charge in [-0.1, -0.05) is 0 Å².